The summed E-state index contributed by atoms with van der Waals surface area (Å²) < 4.78 is 13.7. The van der Waals surface area contributed by atoms with E-state index in [1.54, 1.807) is 0 Å². The molecule has 0 bridgehead atoms. The van der Waals surface area contributed by atoms with E-state index in [1.165, 1.54) is 0 Å². The molecule has 2 aromatic rings. The van der Waals surface area contributed by atoms with Crippen molar-refractivity contribution < 1.29 is 9.36 Å². The standard InChI is InChI=1S/C19H24NO2P/c1-2-20-19(21)15-9-10-16-23(22,17-11-5-3-6-12-17)18-13-7-4-8-14-18/h3-8,11-14H,2,9-10,15-16H2,1H3,(H,20,21). The fourth-order valence-electron chi connectivity index (χ4n) is 2.65. The summed E-state index contributed by atoms with van der Waals surface area (Å²) in [7, 11) is -2.63. The molecule has 2 rings (SSSR count). The van der Waals surface area contributed by atoms with Crippen LogP contribution in [0.5, 0.6) is 0 Å². The zero-order chi connectivity index (χ0) is 16.5. The predicted octanol–water partition coefficient (Wildman–Crippen LogP) is 3.31. The number of carbonyl (C=O) groups is 1. The minimum Gasteiger partial charge on any atom is -0.356 e. The SMILES string of the molecule is CCNC(=O)CCCCP(=O)(c1ccccc1)c1ccccc1. The molecule has 0 aromatic heterocycles. The molecule has 4 heteroatoms. The summed E-state index contributed by atoms with van der Waals surface area (Å²) in [5.74, 6) is 0.0711. The van der Waals surface area contributed by atoms with E-state index < -0.39 is 7.14 Å². The molecular formula is C19H24NO2P. The molecular weight excluding hydrogens is 305 g/mol. The van der Waals surface area contributed by atoms with E-state index in [4.69, 9.17) is 0 Å². The van der Waals surface area contributed by atoms with Gasteiger partial charge >= 0.3 is 0 Å². The lowest BCUT2D eigenvalue weighted by molar-refractivity contribution is -0.121. The first kappa shape index (κ1) is 17.5. The average molecular weight is 329 g/mol. The van der Waals surface area contributed by atoms with Crippen molar-refractivity contribution in [3.8, 4) is 0 Å². The molecule has 0 spiro atoms. The van der Waals surface area contributed by atoms with Crippen LogP contribution in [0.15, 0.2) is 60.7 Å². The number of hydrogen-bond donors (Lipinski definition) is 1. The van der Waals surface area contributed by atoms with Gasteiger partial charge in [-0.2, -0.15) is 0 Å². The molecule has 0 aliphatic carbocycles. The molecule has 23 heavy (non-hydrogen) atoms. The van der Waals surface area contributed by atoms with Gasteiger partial charge in [-0.05, 0) is 19.8 Å². The van der Waals surface area contributed by atoms with Crippen LogP contribution < -0.4 is 15.9 Å². The number of benzene rings is 2. The molecule has 0 saturated carbocycles. The predicted molar refractivity (Wildman–Crippen MR) is 97.2 cm³/mol. The molecule has 0 aliphatic rings. The molecule has 1 N–H and O–H groups in total. The second-order valence-corrected chi connectivity index (χ2v) is 8.50. The summed E-state index contributed by atoms with van der Waals surface area (Å²) >= 11 is 0. The Balaban J connectivity index is 2.10. The van der Waals surface area contributed by atoms with Crippen molar-refractivity contribution in [3.63, 3.8) is 0 Å². The molecule has 0 unspecified atom stereocenters. The van der Waals surface area contributed by atoms with E-state index in [2.05, 4.69) is 5.32 Å². The molecule has 0 heterocycles. The van der Waals surface area contributed by atoms with Gasteiger partial charge in [0.1, 0.15) is 7.14 Å². The normalized spacial score (nSPS) is 11.2. The minimum atomic E-state index is -2.63. The van der Waals surface area contributed by atoms with Crippen molar-refractivity contribution in [2.24, 2.45) is 0 Å². The first-order chi connectivity index (χ1) is 11.2. The number of hydrogen-bond acceptors (Lipinski definition) is 2. The van der Waals surface area contributed by atoms with Crippen molar-refractivity contribution >= 4 is 23.7 Å². The van der Waals surface area contributed by atoms with Crippen LogP contribution in [0.25, 0.3) is 0 Å². The highest BCUT2D eigenvalue weighted by atomic mass is 31.2. The topological polar surface area (TPSA) is 46.2 Å². The monoisotopic (exact) mass is 329 g/mol. The van der Waals surface area contributed by atoms with Gasteiger partial charge < -0.3 is 9.88 Å². The van der Waals surface area contributed by atoms with Gasteiger partial charge in [-0.25, -0.2) is 0 Å². The molecule has 3 nitrogen and oxygen atoms in total. The zero-order valence-electron chi connectivity index (χ0n) is 13.6. The fraction of sp³-hybridized carbons (Fsp3) is 0.316. The molecule has 2 aromatic carbocycles. The summed E-state index contributed by atoms with van der Waals surface area (Å²) in [6.07, 6.45) is 2.63. The Hall–Kier alpha value is -1.86. The Bertz CT molecular complexity index is 612. The molecule has 0 saturated heterocycles. The smallest absolute Gasteiger partial charge is 0.219 e. The van der Waals surface area contributed by atoms with Gasteiger partial charge in [-0.15, -0.1) is 0 Å². The summed E-state index contributed by atoms with van der Waals surface area (Å²) in [4.78, 5) is 11.5. The van der Waals surface area contributed by atoms with Gasteiger partial charge in [-0.3, -0.25) is 4.79 Å². The summed E-state index contributed by atoms with van der Waals surface area (Å²) in [6.45, 7) is 2.57. The van der Waals surface area contributed by atoms with Crippen LogP contribution in [-0.2, 0) is 9.36 Å². The van der Waals surface area contributed by atoms with E-state index in [0.717, 1.165) is 23.5 Å². The van der Waals surface area contributed by atoms with Gasteiger partial charge in [0.2, 0.25) is 5.91 Å². The van der Waals surface area contributed by atoms with Crippen molar-refractivity contribution in [1.82, 2.24) is 5.32 Å². The lowest BCUT2D eigenvalue weighted by atomic mass is 10.2. The minimum absolute atomic E-state index is 0.0711. The van der Waals surface area contributed by atoms with Crippen LogP contribution in [0.2, 0.25) is 0 Å². The van der Waals surface area contributed by atoms with Gasteiger partial charge in [0.15, 0.2) is 0 Å². The molecule has 122 valence electrons. The van der Waals surface area contributed by atoms with E-state index in [1.807, 2.05) is 67.6 Å². The second-order valence-electron chi connectivity index (χ2n) is 5.55. The highest BCUT2D eigenvalue weighted by molar-refractivity contribution is 7.78. The summed E-state index contributed by atoms with van der Waals surface area (Å²) in [5, 5.41) is 4.58. The molecule has 0 atom stereocenters. The quantitative estimate of drug-likeness (QED) is 0.596. The van der Waals surface area contributed by atoms with Gasteiger partial charge in [0.05, 0.1) is 0 Å². The fourth-order valence-corrected chi connectivity index (χ4v) is 5.44. The maximum atomic E-state index is 13.7. The van der Waals surface area contributed by atoms with Crippen LogP contribution in [0.4, 0.5) is 0 Å². The molecule has 0 radical (unpaired) electrons. The van der Waals surface area contributed by atoms with E-state index in [9.17, 15) is 9.36 Å². The average Bonchev–Trinajstić information content (AvgIpc) is 2.60. The van der Waals surface area contributed by atoms with Crippen LogP contribution in [0.1, 0.15) is 26.2 Å². The number of unbranched alkanes of at least 4 members (excludes halogenated alkanes) is 1. The van der Waals surface area contributed by atoms with Crippen molar-refractivity contribution in [3.05, 3.63) is 60.7 Å². The molecule has 1 amide bonds. The number of nitrogens with one attached hydrogen (secondary N) is 1. The molecule has 0 aliphatic heterocycles. The Labute approximate surface area is 138 Å². The lowest BCUT2D eigenvalue weighted by Gasteiger charge is -2.19. The first-order valence-corrected chi connectivity index (χ1v) is 10.0. The highest BCUT2D eigenvalue weighted by Gasteiger charge is 2.26. The van der Waals surface area contributed by atoms with Crippen LogP contribution in [0, 0.1) is 0 Å². The van der Waals surface area contributed by atoms with E-state index >= 15 is 0 Å². The van der Waals surface area contributed by atoms with E-state index in [-0.39, 0.29) is 5.91 Å². The largest absolute Gasteiger partial charge is 0.356 e. The Morgan fingerprint density at radius 2 is 1.43 bits per heavy atom. The number of amides is 1. The first-order valence-electron chi connectivity index (χ1n) is 8.14. The Morgan fingerprint density at radius 1 is 0.913 bits per heavy atom. The van der Waals surface area contributed by atoms with Gasteiger partial charge in [0, 0.05) is 29.7 Å². The van der Waals surface area contributed by atoms with Crippen molar-refractivity contribution in [2.45, 2.75) is 26.2 Å². The summed E-state index contributed by atoms with van der Waals surface area (Å²) in [6, 6.07) is 19.4. The van der Waals surface area contributed by atoms with E-state index in [0.29, 0.717) is 19.1 Å². The van der Waals surface area contributed by atoms with Crippen LogP contribution in [0.3, 0.4) is 0 Å². The van der Waals surface area contributed by atoms with Crippen molar-refractivity contribution in [2.75, 3.05) is 12.7 Å². The Morgan fingerprint density at radius 3 is 1.91 bits per heavy atom. The van der Waals surface area contributed by atoms with Crippen LogP contribution >= 0.6 is 7.14 Å². The maximum absolute atomic E-state index is 13.7. The van der Waals surface area contributed by atoms with Gasteiger partial charge in [0.25, 0.3) is 0 Å². The Kier molecular flexibility index (Phi) is 6.61. The van der Waals surface area contributed by atoms with Crippen LogP contribution in [-0.4, -0.2) is 18.6 Å². The van der Waals surface area contributed by atoms with Gasteiger partial charge in [-0.1, -0.05) is 60.7 Å². The molecule has 0 fully saturated rings. The maximum Gasteiger partial charge on any atom is 0.219 e. The third-order valence-electron chi connectivity index (χ3n) is 3.85. The third kappa shape index (κ3) is 4.80. The highest BCUT2D eigenvalue weighted by Crippen LogP contribution is 2.44. The van der Waals surface area contributed by atoms with Crippen molar-refractivity contribution in [1.29, 1.82) is 0 Å². The lowest BCUT2D eigenvalue weighted by Crippen LogP contribution is -2.22. The zero-order valence-corrected chi connectivity index (χ0v) is 14.5. The third-order valence-corrected chi connectivity index (χ3v) is 7.06. The number of rotatable bonds is 8. The second kappa shape index (κ2) is 8.69. The number of carbonyl (C=O) groups excluding carboxylic acids is 1. The summed E-state index contributed by atoms with van der Waals surface area (Å²) in [5.41, 5.74) is 0.